The molecule has 3 heterocycles. The predicted molar refractivity (Wildman–Crippen MR) is 171 cm³/mol. The van der Waals surface area contributed by atoms with E-state index in [9.17, 15) is 33.1 Å². The number of nitriles is 1. The Morgan fingerprint density at radius 2 is 1.80 bits per heavy atom. The molecule has 1 aromatic heterocycles. The lowest BCUT2D eigenvalue weighted by atomic mass is 9.93. The summed E-state index contributed by atoms with van der Waals surface area (Å²) in [5.74, 6) is -0.877. The molecule has 0 bridgehead atoms. The van der Waals surface area contributed by atoms with Crippen LogP contribution in [-0.2, 0) is 17.5 Å². The fourth-order valence-corrected chi connectivity index (χ4v) is 6.18. The molecule has 13 heteroatoms. The average Bonchev–Trinajstić information content (AvgIpc) is 3.32. The lowest BCUT2D eigenvalue weighted by Crippen LogP contribution is -2.38. The van der Waals surface area contributed by atoms with Gasteiger partial charge in [0.2, 0.25) is 0 Å². The molecule has 9 nitrogen and oxygen atoms in total. The van der Waals surface area contributed by atoms with Gasteiger partial charge in [0, 0.05) is 35.8 Å². The van der Waals surface area contributed by atoms with Crippen molar-refractivity contribution in [3.63, 3.8) is 0 Å². The predicted octanol–water partition coefficient (Wildman–Crippen LogP) is 7.75. The molecular formula is C36H30F4N4O5. The van der Waals surface area contributed by atoms with E-state index in [2.05, 4.69) is 4.90 Å². The number of carbonyl (C=O) groups is 2. The SMILES string of the molecule is COc1cc(F)c(-c2ccc(C(=O)O)cc2C)cc1-c1ccc(N2CCC2)nc1CN1C(=O)OC(c2cc(C#N)cc(C(F)(F)F)c2)C1C. The first-order valence-electron chi connectivity index (χ1n) is 15.4. The highest BCUT2D eigenvalue weighted by atomic mass is 19.4. The first kappa shape index (κ1) is 33.3. The zero-order valence-corrected chi connectivity index (χ0v) is 26.6. The fourth-order valence-electron chi connectivity index (χ4n) is 6.18. The highest BCUT2D eigenvalue weighted by Gasteiger charge is 2.42. The number of alkyl halides is 3. The van der Waals surface area contributed by atoms with Crippen LogP contribution in [0.5, 0.6) is 5.75 Å². The van der Waals surface area contributed by atoms with Crippen molar-refractivity contribution in [2.75, 3.05) is 25.1 Å². The number of methoxy groups -OCH3 is 1. The minimum atomic E-state index is -4.72. The Morgan fingerprint density at radius 1 is 1.06 bits per heavy atom. The number of pyridine rings is 1. The van der Waals surface area contributed by atoms with Crippen LogP contribution in [0.1, 0.15) is 57.8 Å². The maximum absolute atomic E-state index is 15.6. The van der Waals surface area contributed by atoms with Gasteiger partial charge in [0.15, 0.2) is 0 Å². The van der Waals surface area contributed by atoms with Gasteiger partial charge in [-0.1, -0.05) is 6.07 Å². The van der Waals surface area contributed by atoms with Crippen molar-refractivity contribution >= 4 is 17.9 Å². The summed E-state index contributed by atoms with van der Waals surface area (Å²) >= 11 is 0. The molecule has 2 unspecified atom stereocenters. The Morgan fingerprint density at radius 3 is 2.41 bits per heavy atom. The minimum Gasteiger partial charge on any atom is -0.496 e. The van der Waals surface area contributed by atoms with Gasteiger partial charge in [-0.05, 0) is 85.5 Å². The number of nitrogens with zero attached hydrogens (tertiary/aromatic N) is 4. The zero-order valence-electron chi connectivity index (χ0n) is 26.6. The van der Waals surface area contributed by atoms with Gasteiger partial charge in [-0.15, -0.1) is 0 Å². The third-order valence-electron chi connectivity index (χ3n) is 8.93. The number of aromatic nitrogens is 1. The summed E-state index contributed by atoms with van der Waals surface area (Å²) in [6.45, 7) is 4.77. The van der Waals surface area contributed by atoms with E-state index >= 15 is 4.39 Å². The average molecular weight is 675 g/mol. The van der Waals surface area contributed by atoms with Gasteiger partial charge in [-0.25, -0.2) is 19.0 Å². The molecule has 0 saturated carbocycles. The van der Waals surface area contributed by atoms with Crippen molar-refractivity contribution in [3.8, 4) is 34.1 Å². The summed E-state index contributed by atoms with van der Waals surface area (Å²) in [4.78, 5) is 33.1. The molecule has 2 aliphatic rings. The summed E-state index contributed by atoms with van der Waals surface area (Å²) in [7, 11) is 1.39. The molecule has 252 valence electrons. The summed E-state index contributed by atoms with van der Waals surface area (Å²) in [5, 5.41) is 18.8. The van der Waals surface area contributed by atoms with Crippen LogP contribution >= 0.6 is 0 Å². The van der Waals surface area contributed by atoms with Crippen molar-refractivity contribution in [1.29, 1.82) is 5.26 Å². The first-order chi connectivity index (χ1) is 23.3. The number of rotatable bonds is 8. The largest absolute Gasteiger partial charge is 0.496 e. The number of amides is 1. The minimum absolute atomic E-state index is 0.0337. The molecule has 0 spiro atoms. The van der Waals surface area contributed by atoms with Crippen LogP contribution in [0.3, 0.4) is 0 Å². The van der Waals surface area contributed by atoms with Crippen LogP contribution in [0.25, 0.3) is 22.3 Å². The number of halogens is 4. The Kier molecular flexibility index (Phi) is 8.66. The molecule has 2 fully saturated rings. The van der Waals surface area contributed by atoms with Gasteiger partial charge in [-0.3, -0.25) is 4.90 Å². The first-order valence-corrected chi connectivity index (χ1v) is 15.4. The lowest BCUT2D eigenvalue weighted by Gasteiger charge is -2.33. The molecule has 1 N–H and O–H groups in total. The van der Waals surface area contributed by atoms with E-state index in [4.69, 9.17) is 14.5 Å². The van der Waals surface area contributed by atoms with E-state index in [1.807, 2.05) is 6.07 Å². The number of benzene rings is 3. The molecule has 0 radical (unpaired) electrons. The number of cyclic esters (lactones) is 1. The lowest BCUT2D eigenvalue weighted by molar-refractivity contribution is -0.137. The van der Waals surface area contributed by atoms with Crippen molar-refractivity contribution in [3.05, 3.63) is 100.0 Å². The maximum Gasteiger partial charge on any atom is 0.416 e. The Bertz CT molecular complexity index is 2020. The molecule has 2 aliphatic heterocycles. The molecule has 6 rings (SSSR count). The second kappa shape index (κ2) is 12.8. The molecular weight excluding hydrogens is 644 g/mol. The van der Waals surface area contributed by atoms with Gasteiger partial charge >= 0.3 is 18.2 Å². The molecule has 0 aliphatic carbocycles. The standard InChI is InChI=1S/C36H30F4N4O5/c1-19-11-22(34(45)46)5-6-25(19)27-15-28(31(48-3)16-29(27)37)26-7-8-32(43-9-4-10-43)42-30(26)18-44-20(2)33(49-35(44)47)23-12-21(17-41)13-24(14-23)36(38,39)40/h5-8,11-16,20,33H,4,9-10,18H2,1-3H3,(H,45,46). The third kappa shape index (κ3) is 6.34. The number of carboxylic acid groups (broad SMARTS) is 1. The number of hydrogen-bond donors (Lipinski definition) is 1. The number of hydrogen-bond acceptors (Lipinski definition) is 7. The quantitative estimate of drug-likeness (QED) is 0.189. The van der Waals surface area contributed by atoms with Gasteiger partial charge < -0.3 is 19.5 Å². The van der Waals surface area contributed by atoms with E-state index < -0.39 is 41.8 Å². The van der Waals surface area contributed by atoms with Gasteiger partial charge in [0.05, 0.1) is 48.1 Å². The van der Waals surface area contributed by atoms with E-state index in [0.717, 1.165) is 31.6 Å². The van der Waals surface area contributed by atoms with Crippen molar-refractivity contribution < 1.29 is 41.7 Å². The fraction of sp³-hybridized carbons (Fsp3) is 0.278. The highest BCUT2D eigenvalue weighted by Crippen LogP contribution is 2.42. The number of ether oxygens (including phenoxy) is 2. The van der Waals surface area contributed by atoms with Gasteiger partial charge in [0.25, 0.3) is 0 Å². The highest BCUT2D eigenvalue weighted by molar-refractivity contribution is 5.89. The molecule has 2 saturated heterocycles. The van der Waals surface area contributed by atoms with Crippen molar-refractivity contribution in [2.24, 2.45) is 0 Å². The summed E-state index contributed by atoms with van der Waals surface area (Å²) < 4.78 is 67.7. The summed E-state index contributed by atoms with van der Waals surface area (Å²) in [6.07, 6.45) is -5.62. The number of carbonyl (C=O) groups excluding carboxylic acids is 1. The Labute approximate surface area is 278 Å². The van der Waals surface area contributed by atoms with E-state index in [0.29, 0.717) is 33.8 Å². The van der Waals surface area contributed by atoms with Crippen LogP contribution in [0.2, 0.25) is 0 Å². The second-order valence-electron chi connectivity index (χ2n) is 12.0. The number of aryl methyl sites for hydroxylation is 1. The monoisotopic (exact) mass is 674 g/mol. The normalized spacial score (nSPS) is 17.4. The molecule has 4 aromatic rings. The topological polar surface area (TPSA) is 116 Å². The van der Waals surface area contributed by atoms with E-state index in [1.165, 1.54) is 42.3 Å². The van der Waals surface area contributed by atoms with E-state index in [1.54, 1.807) is 32.0 Å². The zero-order chi connectivity index (χ0) is 35.2. The smallest absolute Gasteiger partial charge is 0.416 e. The molecule has 1 amide bonds. The Hall–Kier alpha value is -5.64. The summed E-state index contributed by atoms with van der Waals surface area (Å²) in [5.41, 5.74) is 1.41. The van der Waals surface area contributed by atoms with Crippen molar-refractivity contribution in [2.45, 2.75) is 45.1 Å². The van der Waals surface area contributed by atoms with Crippen LogP contribution < -0.4 is 9.64 Å². The molecule has 2 atom stereocenters. The van der Waals surface area contributed by atoms with Crippen LogP contribution in [-0.4, -0.2) is 53.3 Å². The maximum atomic E-state index is 15.6. The molecule has 3 aromatic carbocycles. The van der Waals surface area contributed by atoms with Crippen LogP contribution in [0, 0.1) is 24.1 Å². The Balaban J connectivity index is 1.42. The van der Waals surface area contributed by atoms with Crippen LogP contribution in [0.15, 0.2) is 60.7 Å². The third-order valence-corrected chi connectivity index (χ3v) is 8.93. The van der Waals surface area contributed by atoms with Crippen LogP contribution in [0.4, 0.5) is 28.2 Å². The second-order valence-corrected chi connectivity index (χ2v) is 12.0. The number of carboxylic acids is 1. The number of anilines is 1. The molecule has 49 heavy (non-hydrogen) atoms. The van der Waals surface area contributed by atoms with E-state index in [-0.39, 0.29) is 34.5 Å². The van der Waals surface area contributed by atoms with Gasteiger partial charge in [-0.2, -0.15) is 18.4 Å². The summed E-state index contributed by atoms with van der Waals surface area (Å²) in [6, 6.07) is 14.7. The number of aromatic carboxylic acids is 1. The van der Waals surface area contributed by atoms with Gasteiger partial charge in [0.1, 0.15) is 23.5 Å². The van der Waals surface area contributed by atoms with Crippen molar-refractivity contribution in [1.82, 2.24) is 9.88 Å².